The van der Waals surface area contributed by atoms with Gasteiger partial charge in [0.05, 0.1) is 18.7 Å². The molecule has 0 unspecified atom stereocenters. The lowest BCUT2D eigenvalue weighted by Crippen LogP contribution is -2.31. The topological polar surface area (TPSA) is 66.8 Å². The Balaban J connectivity index is 2.15. The Hall–Kier alpha value is -2.60. The molecule has 26 heavy (non-hydrogen) atoms. The summed E-state index contributed by atoms with van der Waals surface area (Å²) in [5.74, 6) is -0.771. The van der Waals surface area contributed by atoms with Crippen molar-refractivity contribution in [3.63, 3.8) is 0 Å². The van der Waals surface area contributed by atoms with E-state index in [1.807, 2.05) is 6.07 Å². The second kappa shape index (κ2) is 7.74. The molecule has 5 nitrogen and oxygen atoms in total. The van der Waals surface area contributed by atoms with Gasteiger partial charge in [0, 0.05) is 17.4 Å². The van der Waals surface area contributed by atoms with E-state index in [9.17, 15) is 14.7 Å². The highest BCUT2D eigenvalue weighted by Crippen LogP contribution is 2.39. The van der Waals surface area contributed by atoms with E-state index in [1.165, 1.54) is 4.90 Å². The number of Topliss-reactive ketones (excluding diaryl/α,β-unsaturated/α-hetero) is 1. The van der Waals surface area contributed by atoms with Gasteiger partial charge in [0.15, 0.2) is 0 Å². The first-order chi connectivity index (χ1) is 12.6. The van der Waals surface area contributed by atoms with Crippen LogP contribution in [0.25, 0.3) is 5.76 Å². The molecule has 3 rings (SSSR count). The Morgan fingerprint density at radius 3 is 2.35 bits per heavy atom. The maximum absolute atomic E-state index is 12.7. The van der Waals surface area contributed by atoms with E-state index in [0.717, 1.165) is 5.56 Å². The van der Waals surface area contributed by atoms with Crippen molar-refractivity contribution in [2.75, 3.05) is 19.0 Å². The van der Waals surface area contributed by atoms with Crippen LogP contribution < -0.4 is 4.74 Å². The summed E-state index contributed by atoms with van der Waals surface area (Å²) in [4.78, 5) is 26.7. The molecule has 0 bridgehead atoms. The number of nitrogens with zero attached hydrogens (tertiary/aromatic N) is 1. The number of halogens is 1. The minimum Gasteiger partial charge on any atom is -0.507 e. The maximum Gasteiger partial charge on any atom is 0.295 e. The van der Waals surface area contributed by atoms with Crippen LogP contribution in [0.5, 0.6) is 5.75 Å². The summed E-state index contributed by atoms with van der Waals surface area (Å²) in [6, 6.07) is 15.3. The van der Waals surface area contributed by atoms with Crippen molar-refractivity contribution < 1.29 is 19.4 Å². The van der Waals surface area contributed by atoms with E-state index in [2.05, 4.69) is 15.9 Å². The highest BCUT2D eigenvalue weighted by Gasteiger charge is 2.45. The number of carbonyl (C=O) groups excluding carboxylic acids is 2. The van der Waals surface area contributed by atoms with Crippen LogP contribution in [0, 0.1) is 0 Å². The summed E-state index contributed by atoms with van der Waals surface area (Å²) in [5.41, 5.74) is 1.35. The molecular formula is C20H18BrNO4. The van der Waals surface area contributed by atoms with E-state index in [0.29, 0.717) is 23.2 Å². The molecule has 0 radical (unpaired) electrons. The van der Waals surface area contributed by atoms with Crippen molar-refractivity contribution in [2.45, 2.75) is 6.04 Å². The molecule has 1 saturated heterocycles. The van der Waals surface area contributed by atoms with Crippen molar-refractivity contribution in [1.29, 1.82) is 0 Å². The molecule has 1 N–H and O–H groups in total. The smallest absolute Gasteiger partial charge is 0.295 e. The molecule has 1 atom stereocenters. The normalized spacial score (nSPS) is 19.0. The van der Waals surface area contributed by atoms with E-state index in [4.69, 9.17) is 4.74 Å². The fourth-order valence-electron chi connectivity index (χ4n) is 3.09. The number of aliphatic hydroxyl groups excluding tert-OH is 1. The predicted molar refractivity (Wildman–Crippen MR) is 102 cm³/mol. The number of benzene rings is 2. The second-order valence-electron chi connectivity index (χ2n) is 5.82. The van der Waals surface area contributed by atoms with Gasteiger partial charge in [-0.2, -0.15) is 0 Å². The van der Waals surface area contributed by atoms with Crippen LogP contribution in [0.2, 0.25) is 0 Å². The molecular weight excluding hydrogens is 398 g/mol. The van der Waals surface area contributed by atoms with Crippen molar-refractivity contribution >= 4 is 33.4 Å². The van der Waals surface area contributed by atoms with Gasteiger partial charge in [0.25, 0.3) is 11.7 Å². The SMILES string of the molecule is COc1ccc([C@H]2/C(=C(\O)c3ccccc3)C(=O)C(=O)N2CCBr)cc1. The average Bonchev–Trinajstić information content (AvgIpc) is 2.93. The fourth-order valence-corrected chi connectivity index (χ4v) is 3.47. The van der Waals surface area contributed by atoms with Gasteiger partial charge >= 0.3 is 0 Å². The summed E-state index contributed by atoms with van der Waals surface area (Å²) >= 11 is 3.33. The minimum absolute atomic E-state index is 0.104. The molecule has 1 aliphatic rings. The monoisotopic (exact) mass is 415 g/mol. The van der Waals surface area contributed by atoms with E-state index < -0.39 is 17.7 Å². The van der Waals surface area contributed by atoms with Crippen LogP contribution in [-0.4, -0.2) is 40.7 Å². The van der Waals surface area contributed by atoms with E-state index in [1.54, 1.807) is 55.6 Å². The molecule has 2 aromatic rings. The van der Waals surface area contributed by atoms with Crippen molar-refractivity contribution in [3.05, 3.63) is 71.3 Å². The molecule has 0 aromatic heterocycles. The molecule has 0 aliphatic carbocycles. The number of hydrogen-bond donors (Lipinski definition) is 1. The van der Waals surface area contributed by atoms with Crippen LogP contribution in [0.3, 0.4) is 0 Å². The fraction of sp³-hybridized carbons (Fsp3) is 0.200. The van der Waals surface area contributed by atoms with Crippen LogP contribution in [-0.2, 0) is 9.59 Å². The summed E-state index contributed by atoms with van der Waals surface area (Å²) < 4.78 is 5.18. The Labute approximate surface area is 160 Å². The highest BCUT2D eigenvalue weighted by molar-refractivity contribution is 9.09. The number of amides is 1. The van der Waals surface area contributed by atoms with Crippen LogP contribution in [0.15, 0.2) is 60.2 Å². The zero-order valence-corrected chi connectivity index (χ0v) is 15.8. The average molecular weight is 416 g/mol. The number of rotatable bonds is 5. The molecule has 6 heteroatoms. The van der Waals surface area contributed by atoms with Crippen LogP contribution >= 0.6 is 15.9 Å². The standard InChI is InChI=1S/C20H18BrNO4/c1-26-15-9-7-13(8-10-15)17-16(18(23)14-5-3-2-4-6-14)19(24)20(25)22(17)12-11-21/h2-10,17,23H,11-12H2,1H3/b18-16+/t17-/m0/s1. The van der Waals surface area contributed by atoms with E-state index in [-0.39, 0.29) is 11.3 Å². The molecule has 134 valence electrons. The number of ketones is 1. The van der Waals surface area contributed by atoms with Gasteiger partial charge in [-0.25, -0.2) is 0 Å². The number of ether oxygens (including phenoxy) is 1. The molecule has 1 fully saturated rings. The molecule has 1 aliphatic heterocycles. The van der Waals surface area contributed by atoms with Crippen molar-refractivity contribution in [3.8, 4) is 5.75 Å². The van der Waals surface area contributed by atoms with Crippen LogP contribution in [0.4, 0.5) is 0 Å². The molecule has 0 spiro atoms. The van der Waals surface area contributed by atoms with Gasteiger partial charge in [-0.3, -0.25) is 9.59 Å². The Kier molecular flexibility index (Phi) is 5.42. The lowest BCUT2D eigenvalue weighted by atomic mass is 9.95. The first-order valence-corrected chi connectivity index (χ1v) is 9.24. The Morgan fingerprint density at radius 2 is 1.77 bits per heavy atom. The number of carbonyl (C=O) groups is 2. The largest absolute Gasteiger partial charge is 0.507 e. The summed E-state index contributed by atoms with van der Waals surface area (Å²) in [6.07, 6.45) is 0. The van der Waals surface area contributed by atoms with Gasteiger partial charge in [0.1, 0.15) is 11.5 Å². The zero-order chi connectivity index (χ0) is 18.7. The number of alkyl halides is 1. The summed E-state index contributed by atoms with van der Waals surface area (Å²) in [5, 5.41) is 11.3. The lowest BCUT2D eigenvalue weighted by molar-refractivity contribution is -0.139. The summed E-state index contributed by atoms with van der Waals surface area (Å²) in [6.45, 7) is 0.354. The third-order valence-corrected chi connectivity index (χ3v) is 4.70. The zero-order valence-electron chi connectivity index (χ0n) is 14.2. The third kappa shape index (κ3) is 3.24. The van der Waals surface area contributed by atoms with Gasteiger partial charge in [0.2, 0.25) is 0 Å². The molecule has 2 aromatic carbocycles. The minimum atomic E-state index is -0.673. The third-order valence-electron chi connectivity index (χ3n) is 4.34. The lowest BCUT2D eigenvalue weighted by Gasteiger charge is -2.24. The highest BCUT2D eigenvalue weighted by atomic mass is 79.9. The first-order valence-electron chi connectivity index (χ1n) is 8.12. The maximum atomic E-state index is 12.7. The number of hydrogen-bond acceptors (Lipinski definition) is 4. The van der Waals surface area contributed by atoms with Crippen molar-refractivity contribution in [1.82, 2.24) is 4.90 Å². The predicted octanol–water partition coefficient (Wildman–Crippen LogP) is 3.51. The van der Waals surface area contributed by atoms with Gasteiger partial charge in [-0.1, -0.05) is 58.4 Å². The Morgan fingerprint density at radius 1 is 1.12 bits per heavy atom. The first kappa shape index (κ1) is 18.2. The van der Waals surface area contributed by atoms with Gasteiger partial charge in [-0.15, -0.1) is 0 Å². The van der Waals surface area contributed by atoms with Crippen LogP contribution in [0.1, 0.15) is 17.2 Å². The van der Waals surface area contributed by atoms with E-state index >= 15 is 0 Å². The van der Waals surface area contributed by atoms with Gasteiger partial charge < -0.3 is 14.7 Å². The Bertz CT molecular complexity index is 846. The summed E-state index contributed by atoms with van der Waals surface area (Å²) in [7, 11) is 1.57. The van der Waals surface area contributed by atoms with Gasteiger partial charge in [-0.05, 0) is 17.7 Å². The molecule has 1 amide bonds. The second-order valence-corrected chi connectivity index (χ2v) is 6.61. The molecule has 1 heterocycles. The number of aliphatic hydroxyl groups is 1. The number of likely N-dealkylation sites (tertiary alicyclic amines) is 1. The van der Waals surface area contributed by atoms with Crippen molar-refractivity contribution in [2.24, 2.45) is 0 Å². The quantitative estimate of drug-likeness (QED) is 0.351. The molecule has 0 saturated carbocycles. The number of methoxy groups -OCH3 is 1.